The van der Waals surface area contributed by atoms with Crippen LogP contribution in [0.25, 0.3) is 0 Å². The Bertz CT molecular complexity index is 418. The molecule has 16 heavy (non-hydrogen) atoms. The van der Waals surface area contributed by atoms with Crippen molar-refractivity contribution in [2.24, 2.45) is 0 Å². The smallest absolute Gasteiger partial charge is 0.309 e. The zero-order chi connectivity index (χ0) is 11.7. The van der Waals surface area contributed by atoms with Crippen molar-refractivity contribution in [2.75, 3.05) is 25.7 Å². The van der Waals surface area contributed by atoms with E-state index in [0.29, 0.717) is 0 Å². The molecule has 4 amide bonds. The first-order valence-electron chi connectivity index (χ1n) is 4.96. The Balaban J connectivity index is 2.30. The molecule has 1 aromatic carbocycles. The summed E-state index contributed by atoms with van der Waals surface area (Å²) in [6, 6.07) is 8.71. The maximum absolute atomic E-state index is 11.9. The van der Waals surface area contributed by atoms with Crippen LogP contribution in [0.15, 0.2) is 30.3 Å². The van der Waals surface area contributed by atoms with Gasteiger partial charge in [-0.1, -0.05) is 18.2 Å². The summed E-state index contributed by atoms with van der Waals surface area (Å²) in [5.74, 6) is 0. The molecular weight excluding hydrogens is 206 g/mol. The average Bonchev–Trinajstić information content (AvgIpc) is 2.32. The van der Waals surface area contributed by atoms with E-state index in [1.165, 1.54) is 11.9 Å². The van der Waals surface area contributed by atoms with E-state index in [2.05, 4.69) is 0 Å². The lowest BCUT2D eigenvalue weighted by molar-refractivity contribution is 0.158. The molecule has 0 bridgehead atoms. The number of benzene rings is 1. The molecule has 0 aliphatic carbocycles. The van der Waals surface area contributed by atoms with Crippen LogP contribution >= 0.6 is 0 Å². The van der Waals surface area contributed by atoms with Crippen LogP contribution in [-0.2, 0) is 0 Å². The predicted octanol–water partition coefficient (Wildman–Crippen LogP) is 1.57. The summed E-state index contributed by atoms with van der Waals surface area (Å²) in [5.41, 5.74) is 0.790. The Morgan fingerprint density at radius 2 is 1.62 bits per heavy atom. The highest BCUT2D eigenvalue weighted by Gasteiger charge is 2.33. The molecule has 84 valence electrons. The van der Waals surface area contributed by atoms with Crippen molar-refractivity contribution in [2.45, 2.75) is 0 Å². The molecule has 1 aromatic rings. The van der Waals surface area contributed by atoms with Crippen LogP contribution in [-0.4, -0.2) is 42.6 Å². The van der Waals surface area contributed by atoms with Gasteiger partial charge < -0.3 is 4.90 Å². The Morgan fingerprint density at radius 1 is 1.00 bits per heavy atom. The highest BCUT2D eigenvalue weighted by atomic mass is 16.2. The number of imide groups is 1. The minimum absolute atomic E-state index is 0.280. The Labute approximate surface area is 93.9 Å². The molecular formula is C11H13N3O2. The zero-order valence-electron chi connectivity index (χ0n) is 9.25. The number of nitrogens with zero attached hydrogens (tertiary/aromatic N) is 3. The number of hydrogen-bond donors (Lipinski definition) is 0. The van der Waals surface area contributed by atoms with Crippen LogP contribution < -0.4 is 4.90 Å². The number of hydrogen-bond acceptors (Lipinski definition) is 2. The molecule has 0 atom stereocenters. The molecule has 0 radical (unpaired) electrons. The maximum Gasteiger partial charge on any atom is 0.333 e. The Morgan fingerprint density at radius 3 is 2.25 bits per heavy atom. The van der Waals surface area contributed by atoms with Gasteiger partial charge in [0.1, 0.15) is 6.67 Å². The van der Waals surface area contributed by atoms with Crippen molar-refractivity contribution < 1.29 is 9.59 Å². The highest BCUT2D eigenvalue weighted by molar-refractivity contribution is 6.04. The topological polar surface area (TPSA) is 43.9 Å². The van der Waals surface area contributed by atoms with E-state index in [9.17, 15) is 9.59 Å². The third-order valence-electron chi connectivity index (χ3n) is 2.55. The molecule has 0 unspecified atom stereocenters. The van der Waals surface area contributed by atoms with Gasteiger partial charge in [0.2, 0.25) is 0 Å². The third-order valence-corrected chi connectivity index (χ3v) is 2.55. The summed E-state index contributed by atoms with van der Waals surface area (Å²) in [6.45, 7) is 0.284. The molecule has 1 aliphatic rings. The molecule has 2 rings (SSSR count). The standard InChI is InChI=1S/C11H13N3O2/c1-12-8-14(9-6-4-3-5-7-9)11(16)13(2)10(12)15/h3-7H,8H2,1-2H3. The van der Waals surface area contributed by atoms with Crippen molar-refractivity contribution in [1.29, 1.82) is 0 Å². The molecule has 1 heterocycles. The van der Waals surface area contributed by atoms with Crippen molar-refractivity contribution >= 4 is 17.7 Å². The monoisotopic (exact) mass is 219 g/mol. The molecule has 5 heteroatoms. The summed E-state index contributed by atoms with van der Waals surface area (Å²) < 4.78 is 0. The molecule has 0 saturated carbocycles. The van der Waals surface area contributed by atoms with E-state index in [4.69, 9.17) is 0 Å². The molecule has 0 N–H and O–H groups in total. The zero-order valence-corrected chi connectivity index (χ0v) is 9.25. The number of urea groups is 2. The number of anilines is 1. The molecule has 1 fully saturated rings. The Kier molecular flexibility index (Phi) is 2.52. The lowest BCUT2D eigenvalue weighted by Gasteiger charge is -2.37. The van der Waals surface area contributed by atoms with Crippen molar-refractivity contribution in [3.8, 4) is 0 Å². The van der Waals surface area contributed by atoms with E-state index in [-0.39, 0.29) is 18.7 Å². The molecule has 0 spiro atoms. The normalized spacial score (nSPS) is 17.0. The van der Waals surface area contributed by atoms with Gasteiger partial charge in [-0.15, -0.1) is 0 Å². The van der Waals surface area contributed by atoms with Crippen molar-refractivity contribution in [1.82, 2.24) is 9.80 Å². The van der Waals surface area contributed by atoms with Crippen LogP contribution in [0.1, 0.15) is 0 Å². The number of para-hydroxylation sites is 1. The van der Waals surface area contributed by atoms with Gasteiger partial charge in [0.05, 0.1) is 0 Å². The number of carbonyl (C=O) groups is 2. The van der Waals surface area contributed by atoms with Gasteiger partial charge in [-0.05, 0) is 12.1 Å². The molecule has 1 saturated heterocycles. The fraction of sp³-hybridized carbons (Fsp3) is 0.273. The fourth-order valence-electron chi connectivity index (χ4n) is 1.65. The SMILES string of the molecule is CN1CN(c2ccccc2)C(=O)N(C)C1=O. The largest absolute Gasteiger partial charge is 0.333 e. The van der Waals surface area contributed by atoms with Crippen LogP contribution in [0.5, 0.6) is 0 Å². The van der Waals surface area contributed by atoms with Gasteiger partial charge in [-0.3, -0.25) is 4.90 Å². The summed E-state index contributed by atoms with van der Waals surface area (Å²) in [5, 5.41) is 0. The second-order valence-electron chi connectivity index (χ2n) is 3.73. The first-order chi connectivity index (χ1) is 7.61. The van der Waals surface area contributed by atoms with Crippen LogP contribution in [0.2, 0.25) is 0 Å². The van der Waals surface area contributed by atoms with Gasteiger partial charge in [-0.2, -0.15) is 0 Å². The summed E-state index contributed by atoms with van der Waals surface area (Å²) in [4.78, 5) is 27.6. The average molecular weight is 219 g/mol. The van der Waals surface area contributed by atoms with Crippen LogP contribution in [0.3, 0.4) is 0 Å². The van der Waals surface area contributed by atoms with Gasteiger partial charge in [0.15, 0.2) is 0 Å². The number of carbonyl (C=O) groups excluding carboxylic acids is 2. The molecule has 5 nitrogen and oxygen atoms in total. The minimum atomic E-state index is -0.297. The summed E-state index contributed by atoms with van der Waals surface area (Å²) in [7, 11) is 3.15. The third kappa shape index (κ3) is 1.60. The first-order valence-corrected chi connectivity index (χ1v) is 4.96. The molecule has 1 aliphatic heterocycles. The van der Waals surface area contributed by atoms with E-state index in [1.807, 2.05) is 30.3 Å². The maximum atomic E-state index is 11.9. The lowest BCUT2D eigenvalue weighted by Crippen LogP contribution is -2.58. The van der Waals surface area contributed by atoms with Gasteiger partial charge in [0.25, 0.3) is 0 Å². The predicted molar refractivity (Wildman–Crippen MR) is 60.1 cm³/mol. The van der Waals surface area contributed by atoms with Crippen LogP contribution in [0, 0.1) is 0 Å². The lowest BCUT2D eigenvalue weighted by atomic mass is 10.3. The Hall–Kier alpha value is -2.04. The number of rotatable bonds is 1. The van der Waals surface area contributed by atoms with Crippen molar-refractivity contribution in [3.05, 3.63) is 30.3 Å². The highest BCUT2D eigenvalue weighted by Crippen LogP contribution is 2.19. The first kappa shape index (κ1) is 10.5. The minimum Gasteiger partial charge on any atom is -0.309 e. The van der Waals surface area contributed by atoms with E-state index >= 15 is 0 Å². The summed E-state index contributed by atoms with van der Waals surface area (Å²) >= 11 is 0. The van der Waals surface area contributed by atoms with Gasteiger partial charge in [0, 0.05) is 19.8 Å². The summed E-state index contributed by atoms with van der Waals surface area (Å²) in [6.07, 6.45) is 0. The van der Waals surface area contributed by atoms with Gasteiger partial charge in [-0.25, -0.2) is 14.5 Å². The van der Waals surface area contributed by atoms with Gasteiger partial charge >= 0.3 is 12.1 Å². The van der Waals surface area contributed by atoms with E-state index < -0.39 is 0 Å². The van der Waals surface area contributed by atoms with E-state index in [1.54, 1.807) is 11.9 Å². The van der Waals surface area contributed by atoms with E-state index in [0.717, 1.165) is 10.6 Å². The van der Waals surface area contributed by atoms with Crippen molar-refractivity contribution in [3.63, 3.8) is 0 Å². The second kappa shape index (κ2) is 3.84. The quantitative estimate of drug-likeness (QED) is 0.719. The fourth-order valence-corrected chi connectivity index (χ4v) is 1.65. The second-order valence-corrected chi connectivity index (χ2v) is 3.73. The molecule has 0 aromatic heterocycles. The number of amides is 4. The van der Waals surface area contributed by atoms with Crippen LogP contribution in [0.4, 0.5) is 15.3 Å².